The topological polar surface area (TPSA) is 72.7 Å². The Morgan fingerprint density at radius 3 is 2.24 bits per heavy atom. The van der Waals surface area contributed by atoms with E-state index in [1.54, 1.807) is 0 Å². The summed E-state index contributed by atoms with van der Waals surface area (Å²) in [5, 5.41) is 30.0. The molecule has 0 aromatic rings. The third-order valence-electron chi connectivity index (χ3n) is 3.42. The Hall–Kier alpha value is -0.300. The molecular formula is C11H21F2NO3. The summed E-state index contributed by atoms with van der Waals surface area (Å²) >= 11 is 0. The van der Waals surface area contributed by atoms with E-state index in [0.29, 0.717) is 12.8 Å². The minimum atomic E-state index is -2.61. The fraction of sp³-hybridized carbons (Fsp3) is 1.00. The molecule has 1 fully saturated rings. The predicted octanol–water partition coefficient (Wildman–Crippen LogP) is 0.117. The van der Waals surface area contributed by atoms with Crippen LogP contribution in [-0.2, 0) is 0 Å². The van der Waals surface area contributed by atoms with Gasteiger partial charge in [0.05, 0.1) is 25.4 Å². The van der Waals surface area contributed by atoms with Gasteiger partial charge in [0.2, 0.25) is 5.92 Å². The summed E-state index contributed by atoms with van der Waals surface area (Å²) in [5.41, 5.74) is -1.17. The maximum Gasteiger partial charge on any atom is 0.248 e. The Morgan fingerprint density at radius 1 is 1.18 bits per heavy atom. The molecule has 0 heterocycles. The number of halogens is 2. The molecule has 1 aliphatic rings. The van der Waals surface area contributed by atoms with Crippen LogP contribution in [0.4, 0.5) is 8.78 Å². The maximum absolute atomic E-state index is 13.1. The Bertz CT molecular complexity index is 226. The SMILES string of the molecule is OCC(CO)(CO)NCC1CCCC(F)(F)C1. The lowest BCUT2D eigenvalue weighted by molar-refractivity contribution is -0.0547. The molecule has 1 aliphatic carbocycles. The average molecular weight is 253 g/mol. The van der Waals surface area contributed by atoms with Gasteiger partial charge in [0.25, 0.3) is 0 Å². The van der Waals surface area contributed by atoms with E-state index in [9.17, 15) is 8.78 Å². The molecule has 1 atom stereocenters. The molecule has 4 N–H and O–H groups in total. The van der Waals surface area contributed by atoms with Gasteiger partial charge < -0.3 is 20.6 Å². The lowest BCUT2D eigenvalue weighted by Gasteiger charge is -2.34. The molecule has 1 unspecified atom stereocenters. The molecule has 0 aromatic heterocycles. The lowest BCUT2D eigenvalue weighted by atomic mass is 9.86. The highest BCUT2D eigenvalue weighted by atomic mass is 19.3. The minimum Gasteiger partial charge on any atom is -0.394 e. The van der Waals surface area contributed by atoms with E-state index in [1.165, 1.54) is 0 Å². The van der Waals surface area contributed by atoms with E-state index in [-0.39, 0.29) is 25.3 Å². The molecule has 0 amide bonds. The number of alkyl halides is 2. The highest BCUT2D eigenvalue weighted by Crippen LogP contribution is 2.36. The first-order valence-electron chi connectivity index (χ1n) is 5.92. The third-order valence-corrected chi connectivity index (χ3v) is 3.42. The van der Waals surface area contributed by atoms with Crippen LogP contribution in [0.5, 0.6) is 0 Å². The van der Waals surface area contributed by atoms with Gasteiger partial charge in [-0.15, -0.1) is 0 Å². The molecule has 0 bridgehead atoms. The van der Waals surface area contributed by atoms with Crippen LogP contribution < -0.4 is 5.32 Å². The summed E-state index contributed by atoms with van der Waals surface area (Å²) in [6, 6.07) is 0. The number of aliphatic hydroxyl groups is 3. The normalized spacial score (nSPS) is 24.9. The number of nitrogens with one attached hydrogen (secondary N) is 1. The largest absolute Gasteiger partial charge is 0.394 e. The van der Waals surface area contributed by atoms with Gasteiger partial charge in [-0.3, -0.25) is 0 Å². The van der Waals surface area contributed by atoms with Crippen molar-refractivity contribution in [3.8, 4) is 0 Å². The van der Waals surface area contributed by atoms with Gasteiger partial charge >= 0.3 is 0 Å². The summed E-state index contributed by atoms with van der Waals surface area (Å²) in [7, 11) is 0. The fourth-order valence-corrected chi connectivity index (χ4v) is 2.13. The van der Waals surface area contributed by atoms with E-state index >= 15 is 0 Å². The quantitative estimate of drug-likeness (QED) is 0.542. The van der Waals surface area contributed by atoms with Crippen LogP contribution in [0.2, 0.25) is 0 Å². The summed E-state index contributed by atoms with van der Waals surface area (Å²) in [5.74, 6) is -2.78. The zero-order valence-corrected chi connectivity index (χ0v) is 9.83. The van der Waals surface area contributed by atoms with Gasteiger partial charge in [-0.1, -0.05) is 0 Å². The summed E-state index contributed by atoms with van der Waals surface area (Å²) in [6.07, 6.45) is 0.970. The molecule has 0 radical (unpaired) electrons. The van der Waals surface area contributed by atoms with Crippen LogP contribution in [0.25, 0.3) is 0 Å². The van der Waals surface area contributed by atoms with Crippen molar-refractivity contribution in [2.75, 3.05) is 26.4 Å². The van der Waals surface area contributed by atoms with E-state index < -0.39 is 31.3 Å². The molecule has 0 saturated heterocycles. The van der Waals surface area contributed by atoms with Crippen LogP contribution in [0.15, 0.2) is 0 Å². The molecule has 17 heavy (non-hydrogen) atoms. The number of hydrogen-bond acceptors (Lipinski definition) is 4. The van der Waals surface area contributed by atoms with Gasteiger partial charge in [0.15, 0.2) is 0 Å². The smallest absolute Gasteiger partial charge is 0.248 e. The second-order valence-corrected chi connectivity index (χ2v) is 4.95. The van der Waals surface area contributed by atoms with Crippen molar-refractivity contribution in [2.45, 2.75) is 37.1 Å². The van der Waals surface area contributed by atoms with Crippen molar-refractivity contribution in [3.63, 3.8) is 0 Å². The van der Waals surface area contributed by atoms with Crippen LogP contribution in [0.1, 0.15) is 25.7 Å². The van der Waals surface area contributed by atoms with Gasteiger partial charge in [-0.2, -0.15) is 0 Å². The molecular weight excluding hydrogens is 232 g/mol. The van der Waals surface area contributed by atoms with Crippen molar-refractivity contribution in [2.24, 2.45) is 5.92 Å². The highest BCUT2D eigenvalue weighted by Gasteiger charge is 2.37. The van der Waals surface area contributed by atoms with Crippen LogP contribution in [0, 0.1) is 5.92 Å². The Labute approximate surface area is 99.6 Å². The van der Waals surface area contributed by atoms with E-state index in [4.69, 9.17) is 15.3 Å². The third kappa shape index (κ3) is 4.13. The minimum absolute atomic E-state index is 0.0609. The molecule has 4 nitrogen and oxygen atoms in total. The summed E-state index contributed by atoms with van der Waals surface area (Å²) < 4.78 is 26.3. The monoisotopic (exact) mass is 253 g/mol. The van der Waals surface area contributed by atoms with Gasteiger partial charge in [-0.05, 0) is 25.3 Å². The van der Waals surface area contributed by atoms with E-state index in [0.717, 1.165) is 0 Å². The highest BCUT2D eigenvalue weighted by molar-refractivity contribution is 4.88. The zero-order valence-electron chi connectivity index (χ0n) is 9.83. The molecule has 102 valence electrons. The number of aliphatic hydroxyl groups excluding tert-OH is 3. The molecule has 0 aliphatic heterocycles. The molecule has 0 spiro atoms. The van der Waals surface area contributed by atoms with Crippen molar-refractivity contribution < 1.29 is 24.1 Å². The summed E-state index contributed by atoms with van der Waals surface area (Å²) in [4.78, 5) is 0. The lowest BCUT2D eigenvalue weighted by Crippen LogP contribution is -2.56. The standard InChI is InChI=1S/C11H21F2NO3/c12-11(13)3-1-2-9(4-11)5-14-10(6-15,7-16)8-17/h9,14-17H,1-8H2. The van der Waals surface area contributed by atoms with Gasteiger partial charge in [0.1, 0.15) is 0 Å². The first-order valence-corrected chi connectivity index (χ1v) is 5.92. The van der Waals surface area contributed by atoms with Crippen LogP contribution in [0.3, 0.4) is 0 Å². The van der Waals surface area contributed by atoms with Gasteiger partial charge in [-0.25, -0.2) is 8.78 Å². The second kappa shape index (κ2) is 6.04. The first-order chi connectivity index (χ1) is 7.97. The number of rotatable bonds is 6. The van der Waals surface area contributed by atoms with Gasteiger partial charge in [0, 0.05) is 12.8 Å². The Kier molecular flexibility index (Phi) is 5.24. The summed E-state index contributed by atoms with van der Waals surface area (Å²) in [6.45, 7) is -1.01. The molecule has 1 rings (SSSR count). The average Bonchev–Trinajstić information content (AvgIpc) is 2.30. The maximum atomic E-state index is 13.1. The first kappa shape index (κ1) is 14.8. The molecule has 6 heteroatoms. The predicted molar refractivity (Wildman–Crippen MR) is 58.9 cm³/mol. The Morgan fingerprint density at radius 2 is 1.76 bits per heavy atom. The number of hydrogen-bond donors (Lipinski definition) is 4. The van der Waals surface area contributed by atoms with E-state index in [2.05, 4.69) is 5.32 Å². The molecule has 0 aromatic carbocycles. The Balaban J connectivity index is 2.44. The van der Waals surface area contributed by atoms with Crippen molar-refractivity contribution in [1.29, 1.82) is 0 Å². The van der Waals surface area contributed by atoms with Crippen molar-refractivity contribution >= 4 is 0 Å². The zero-order chi connectivity index (χ0) is 12.9. The fourth-order valence-electron chi connectivity index (χ4n) is 2.13. The van der Waals surface area contributed by atoms with E-state index in [1.807, 2.05) is 0 Å². The molecule has 1 saturated carbocycles. The van der Waals surface area contributed by atoms with Crippen molar-refractivity contribution in [1.82, 2.24) is 5.32 Å². The van der Waals surface area contributed by atoms with Crippen LogP contribution >= 0.6 is 0 Å². The van der Waals surface area contributed by atoms with Crippen LogP contribution in [-0.4, -0.2) is 53.1 Å². The van der Waals surface area contributed by atoms with Crippen molar-refractivity contribution in [3.05, 3.63) is 0 Å². The second-order valence-electron chi connectivity index (χ2n) is 4.95.